The summed E-state index contributed by atoms with van der Waals surface area (Å²) in [7, 11) is 0. The fourth-order valence-corrected chi connectivity index (χ4v) is 3.87. The van der Waals surface area contributed by atoms with Crippen molar-refractivity contribution in [1.82, 2.24) is 15.0 Å². The number of pyridine rings is 1. The lowest BCUT2D eigenvalue weighted by Crippen LogP contribution is -2.23. The molecule has 0 saturated carbocycles. The maximum atomic E-state index is 8.80. The molecule has 0 spiro atoms. The van der Waals surface area contributed by atoms with Crippen molar-refractivity contribution in [3.8, 4) is 6.07 Å². The second kappa shape index (κ2) is 6.42. The van der Waals surface area contributed by atoms with Gasteiger partial charge in [0.2, 0.25) is 0 Å². The van der Waals surface area contributed by atoms with Crippen LogP contribution in [-0.4, -0.2) is 34.6 Å². The summed E-state index contributed by atoms with van der Waals surface area (Å²) in [6.07, 6.45) is 4.37. The van der Waals surface area contributed by atoms with E-state index in [1.807, 2.05) is 12.1 Å². The second-order valence-corrected chi connectivity index (χ2v) is 6.77. The van der Waals surface area contributed by atoms with E-state index in [0.717, 1.165) is 43.2 Å². The Kier molecular flexibility index (Phi) is 3.97. The van der Waals surface area contributed by atoms with Crippen molar-refractivity contribution in [2.45, 2.75) is 6.42 Å². The molecule has 1 saturated heterocycles. The molecule has 1 aliphatic rings. The van der Waals surface area contributed by atoms with Gasteiger partial charge in [-0.25, -0.2) is 15.0 Å². The van der Waals surface area contributed by atoms with Gasteiger partial charge in [0.05, 0.1) is 15.8 Å². The molecule has 0 bridgehead atoms. The van der Waals surface area contributed by atoms with Gasteiger partial charge < -0.3 is 10.2 Å². The Bertz CT molecular complexity index is 882. The largest absolute Gasteiger partial charge is 0.370 e. The highest BCUT2D eigenvalue weighted by atomic mass is 32.1. The van der Waals surface area contributed by atoms with Gasteiger partial charge in [0.25, 0.3) is 0 Å². The molecule has 24 heavy (non-hydrogen) atoms. The Morgan fingerprint density at radius 1 is 1.29 bits per heavy atom. The molecule has 1 atom stereocenters. The zero-order valence-electron chi connectivity index (χ0n) is 13.0. The van der Waals surface area contributed by atoms with Crippen LogP contribution < -0.4 is 10.2 Å². The van der Waals surface area contributed by atoms with E-state index in [1.165, 1.54) is 4.70 Å². The van der Waals surface area contributed by atoms with Crippen LogP contribution >= 0.6 is 11.3 Å². The molecule has 0 radical (unpaired) electrons. The summed E-state index contributed by atoms with van der Waals surface area (Å²) < 4.78 is 1.17. The van der Waals surface area contributed by atoms with Crippen molar-refractivity contribution >= 4 is 33.2 Å². The van der Waals surface area contributed by atoms with Gasteiger partial charge in [0.1, 0.15) is 24.0 Å². The van der Waals surface area contributed by atoms with Gasteiger partial charge in [-0.3, -0.25) is 0 Å². The molecule has 3 aromatic rings. The van der Waals surface area contributed by atoms with E-state index in [2.05, 4.69) is 36.6 Å². The molecule has 4 rings (SSSR count). The first-order valence-electron chi connectivity index (χ1n) is 7.86. The molecule has 0 aromatic carbocycles. The molecular weight excluding hydrogens is 320 g/mol. The van der Waals surface area contributed by atoms with Crippen molar-refractivity contribution in [3.05, 3.63) is 41.7 Å². The number of rotatable bonds is 4. The number of fused-ring (bicyclic) bond motifs is 1. The minimum atomic E-state index is 0.549. The fourth-order valence-electron chi connectivity index (χ4n) is 3.01. The first-order valence-corrected chi connectivity index (χ1v) is 8.74. The molecule has 7 heteroatoms. The number of nitriles is 1. The number of aromatic nitrogens is 3. The van der Waals surface area contributed by atoms with Crippen molar-refractivity contribution in [2.24, 2.45) is 5.92 Å². The van der Waals surface area contributed by atoms with Gasteiger partial charge >= 0.3 is 0 Å². The van der Waals surface area contributed by atoms with Crippen LogP contribution in [0.15, 0.2) is 36.1 Å². The van der Waals surface area contributed by atoms with Gasteiger partial charge in [-0.15, -0.1) is 11.3 Å². The lowest BCUT2D eigenvalue weighted by Gasteiger charge is -2.18. The van der Waals surface area contributed by atoms with Crippen molar-refractivity contribution in [2.75, 3.05) is 29.9 Å². The summed E-state index contributed by atoms with van der Waals surface area (Å²) in [6, 6.07) is 7.75. The van der Waals surface area contributed by atoms with Gasteiger partial charge in [-0.05, 0) is 35.9 Å². The van der Waals surface area contributed by atoms with Crippen molar-refractivity contribution < 1.29 is 0 Å². The van der Waals surface area contributed by atoms with Crippen LogP contribution in [0.1, 0.15) is 12.0 Å². The number of nitrogens with one attached hydrogen (secondary N) is 1. The van der Waals surface area contributed by atoms with Gasteiger partial charge in [0, 0.05) is 25.8 Å². The van der Waals surface area contributed by atoms with E-state index >= 15 is 0 Å². The number of thiophene rings is 1. The highest BCUT2D eigenvalue weighted by molar-refractivity contribution is 7.17. The average Bonchev–Trinajstić information content (AvgIpc) is 3.29. The molecular formula is C17H16N6S. The number of nitrogens with zero attached hydrogens (tertiary/aromatic N) is 5. The third-order valence-corrected chi connectivity index (χ3v) is 5.17. The number of hydrogen-bond donors (Lipinski definition) is 1. The summed E-state index contributed by atoms with van der Waals surface area (Å²) in [6.45, 7) is 2.86. The first-order chi connectivity index (χ1) is 11.8. The minimum absolute atomic E-state index is 0.549. The molecule has 0 amide bonds. The molecule has 6 nitrogen and oxygen atoms in total. The van der Waals surface area contributed by atoms with Crippen LogP contribution in [0, 0.1) is 17.2 Å². The average molecular weight is 336 g/mol. The van der Waals surface area contributed by atoms with Crippen LogP contribution in [0.3, 0.4) is 0 Å². The lowest BCUT2D eigenvalue weighted by atomic mass is 10.1. The smallest absolute Gasteiger partial charge is 0.150 e. The summed E-state index contributed by atoms with van der Waals surface area (Å²) in [5.41, 5.74) is 1.60. The SMILES string of the molecule is N#Cc1ccc(NC[C@@H]2CCN(c3ncnc4ccsc34)C2)nc1. The van der Waals surface area contributed by atoms with E-state index in [4.69, 9.17) is 5.26 Å². The Labute approximate surface area is 143 Å². The third kappa shape index (κ3) is 2.88. The van der Waals surface area contributed by atoms with Crippen molar-refractivity contribution in [3.63, 3.8) is 0 Å². The zero-order valence-corrected chi connectivity index (χ0v) is 13.8. The lowest BCUT2D eigenvalue weighted by molar-refractivity contribution is 0.621. The minimum Gasteiger partial charge on any atom is -0.370 e. The molecule has 120 valence electrons. The molecule has 0 unspecified atom stereocenters. The summed E-state index contributed by atoms with van der Waals surface area (Å²) in [5.74, 6) is 2.41. The molecule has 1 fully saturated rings. The monoisotopic (exact) mass is 336 g/mol. The normalized spacial score (nSPS) is 17.1. The highest BCUT2D eigenvalue weighted by Gasteiger charge is 2.25. The summed E-state index contributed by atoms with van der Waals surface area (Å²) in [4.78, 5) is 15.4. The van der Waals surface area contributed by atoms with Crippen LogP contribution in [0.2, 0.25) is 0 Å². The standard InChI is InChI=1S/C17H16N6S/c18-7-12-1-2-15(19-8-12)20-9-13-3-5-23(10-13)17-16-14(4-6-24-16)21-11-22-17/h1-2,4,6,8,11,13H,3,5,9-10H2,(H,19,20)/t13-/m0/s1. The summed E-state index contributed by atoms with van der Waals surface area (Å²) >= 11 is 1.70. The van der Waals surface area contributed by atoms with Crippen LogP contribution in [0.25, 0.3) is 10.2 Å². The topological polar surface area (TPSA) is 77.7 Å². The molecule has 1 N–H and O–H groups in total. The quantitative estimate of drug-likeness (QED) is 0.789. The third-order valence-electron chi connectivity index (χ3n) is 4.27. The van der Waals surface area contributed by atoms with Crippen LogP contribution in [0.5, 0.6) is 0 Å². The molecule has 4 heterocycles. The predicted octanol–water partition coefficient (Wildman–Crippen LogP) is 2.90. The first kappa shape index (κ1) is 14.8. The van der Waals surface area contributed by atoms with Gasteiger partial charge in [0.15, 0.2) is 0 Å². The molecule has 3 aromatic heterocycles. The van der Waals surface area contributed by atoms with E-state index in [1.54, 1.807) is 29.9 Å². The molecule has 1 aliphatic heterocycles. The van der Waals surface area contributed by atoms with E-state index in [9.17, 15) is 0 Å². The Hall–Kier alpha value is -2.72. The maximum Gasteiger partial charge on any atom is 0.150 e. The second-order valence-electron chi connectivity index (χ2n) is 5.86. The number of hydrogen-bond acceptors (Lipinski definition) is 7. The van der Waals surface area contributed by atoms with Crippen molar-refractivity contribution in [1.29, 1.82) is 5.26 Å². The number of anilines is 2. The van der Waals surface area contributed by atoms with E-state index in [-0.39, 0.29) is 0 Å². The van der Waals surface area contributed by atoms with Gasteiger partial charge in [-0.1, -0.05) is 0 Å². The highest BCUT2D eigenvalue weighted by Crippen LogP contribution is 2.31. The summed E-state index contributed by atoms with van der Waals surface area (Å²) in [5, 5.41) is 14.2. The van der Waals surface area contributed by atoms with Gasteiger partial charge in [-0.2, -0.15) is 5.26 Å². The Balaban J connectivity index is 1.39. The predicted molar refractivity (Wildman–Crippen MR) is 95.2 cm³/mol. The Morgan fingerprint density at radius 3 is 3.08 bits per heavy atom. The maximum absolute atomic E-state index is 8.80. The zero-order chi connectivity index (χ0) is 16.4. The van der Waals surface area contributed by atoms with E-state index in [0.29, 0.717) is 11.5 Å². The fraction of sp³-hybridized carbons (Fsp3) is 0.294. The molecule has 0 aliphatic carbocycles. The van der Waals surface area contributed by atoms with Crippen LogP contribution in [-0.2, 0) is 0 Å². The van der Waals surface area contributed by atoms with E-state index < -0.39 is 0 Å². The Morgan fingerprint density at radius 2 is 2.25 bits per heavy atom. The van der Waals surface area contributed by atoms with Crippen LogP contribution in [0.4, 0.5) is 11.6 Å².